The van der Waals surface area contributed by atoms with E-state index in [1.54, 1.807) is 6.92 Å². The SMILES string of the molecule is Cc1ccc(C(F)C(F)(F)F)nc1. The van der Waals surface area contributed by atoms with Crippen LogP contribution in [0.4, 0.5) is 17.6 Å². The van der Waals surface area contributed by atoms with Crippen molar-refractivity contribution in [3.05, 3.63) is 29.6 Å². The predicted molar refractivity (Wildman–Crippen MR) is 38.9 cm³/mol. The Morgan fingerprint density at radius 3 is 2.31 bits per heavy atom. The van der Waals surface area contributed by atoms with Gasteiger partial charge in [-0.3, -0.25) is 4.98 Å². The van der Waals surface area contributed by atoms with Gasteiger partial charge in [-0.25, -0.2) is 4.39 Å². The van der Waals surface area contributed by atoms with Gasteiger partial charge in [0.15, 0.2) is 0 Å². The minimum absolute atomic E-state index is 0.599. The fourth-order valence-corrected chi connectivity index (χ4v) is 0.797. The van der Waals surface area contributed by atoms with Crippen LogP contribution in [0, 0.1) is 6.92 Å². The Labute approximate surface area is 72.4 Å². The van der Waals surface area contributed by atoms with Crippen LogP contribution in [0.5, 0.6) is 0 Å². The lowest BCUT2D eigenvalue weighted by Crippen LogP contribution is -2.17. The van der Waals surface area contributed by atoms with Crippen molar-refractivity contribution >= 4 is 0 Å². The molecule has 72 valence electrons. The van der Waals surface area contributed by atoms with E-state index >= 15 is 0 Å². The van der Waals surface area contributed by atoms with Gasteiger partial charge in [0.25, 0.3) is 0 Å². The van der Waals surface area contributed by atoms with Gasteiger partial charge in [0.05, 0.1) is 5.69 Å². The zero-order valence-electron chi connectivity index (χ0n) is 6.77. The molecule has 0 spiro atoms. The van der Waals surface area contributed by atoms with Gasteiger partial charge < -0.3 is 0 Å². The summed E-state index contributed by atoms with van der Waals surface area (Å²) in [6.45, 7) is 1.66. The number of rotatable bonds is 1. The molecular formula is C8H7F4N. The second-order valence-electron chi connectivity index (χ2n) is 2.66. The lowest BCUT2D eigenvalue weighted by Gasteiger charge is -2.11. The van der Waals surface area contributed by atoms with Gasteiger partial charge >= 0.3 is 6.18 Å². The highest BCUT2D eigenvalue weighted by molar-refractivity contribution is 5.14. The average molecular weight is 193 g/mol. The summed E-state index contributed by atoms with van der Waals surface area (Å²) in [6.07, 6.45) is -6.66. The van der Waals surface area contributed by atoms with Gasteiger partial charge in [0.2, 0.25) is 6.17 Å². The van der Waals surface area contributed by atoms with E-state index < -0.39 is 18.0 Å². The number of aromatic nitrogens is 1. The van der Waals surface area contributed by atoms with Crippen molar-refractivity contribution in [2.24, 2.45) is 0 Å². The summed E-state index contributed by atoms with van der Waals surface area (Å²) in [4.78, 5) is 3.35. The molecule has 1 heterocycles. The van der Waals surface area contributed by atoms with Gasteiger partial charge in [-0.05, 0) is 18.6 Å². The summed E-state index contributed by atoms with van der Waals surface area (Å²) in [5, 5.41) is 0. The molecule has 1 aromatic heterocycles. The first-order chi connectivity index (χ1) is 5.91. The van der Waals surface area contributed by atoms with E-state index in [-0.39, 0.29) is 0 Å². The molecule has 5 heteroatoms. The van der Waals surface area contributed by atoms with Crippen molar-refractivity contribution in [2.45, 2.75) is 19.3 Å². The van der Waals surface area contributed by atoms with Crippen LogP contribution in [0.15, 0.2) is 18.3 Å². The van der Waals surface area contributed by atoms with Crippen LogP contribution in [-0.4, -0.2) is 11.2 Å². The molecule has 0 aromatic carbocycles. The minimum atomic E-state index is -4.87. The summed E-state index contributed by atoms with van der Waals surface area (Å²) in [6, 6.07) is 2.42. The maximum absolute atomic E-state index is 12.6. The number of nitrogens with zero attached hydrogens (tertiary/aromatic N) is 1. The second-order valence-corrected chi connectivity index (χ2v) is 2.66. The third kappa shape index (κ3) is 2.40. The fourth-order valence-electron chi connectivity index (χ4n) is 0.797. The molecule has 0 saturated heterocycles. The molecule has 1 atom stereocenters. The highest BCUT2D eigenvalue weighted by atomic mass is 19.4. The Balaban J connectivity index is 2.90. The summed E-state index contributed by atoms with van der Waals surface area (Å²) < 4.78 is 48.0. The van der Waals surface area contributed by atoms with Crippen LogP contribution < -0.4 is 0 Å². The summed E-state index contributed by atoms with van der Waals surface area (Å²) in [5.41, 5.74) is 0.0937. The molecule has 0 aliphatic rings. The highest BCUT2D eigenvalue weighted by Gasteiger charge is 2.42. The van der Waals surface area contributed by atoms with Crippen molar-refractivity contribution in [3.63, 3.8) is 0 Å². The van der Waals surface area contributed by atoms with Crippen molar-refractivity contribution in [1.82, 2.24) is 4.98 Å². The van der Waals surface area contributed by atoms with E-state index in [9.17, 15) is 17.6 Å². The van der Waals surface area contributed by atoms with Crippen molar-refractivity contribution in [2.75, 3.05) is 0 Å². The molecule has 1 unspecified atom stereocenters. The monoisotopic (exact) mass is 193 g/mol. The fraction of sp³-hybridized carbons (Fsp3) is 0.375. The lowest BCUT2D eigenvalue weighted by molar-refractivity contribution is -0.183. The molecular weight excluding hydrogens is 186 g/mol. The normalized spacial score (nSPS) is 14.2. The minimum Gasteiger partial charge on any atom is -0.258 e. The Morgan fingerprint density at radius 2 is 1.92 bits per heavy atom. The third-order valence-electron chi connectivity index (χ3n) is 1.48. The molecule has 1 aromatic rings. The first-order valence-corrected chi connectivity index (χ1v) is 3.54. The highest BCUT2D eigenvalue weighted by Crippen LogP contribution is 2.34. The molecule has 0 N–H and O–H groups in total. The smallest absolute Gasteiger partial charge is 0.258 e. The molecule has 0 fully saturated rings. The number of hydrogen-bond donors (Lipinski definition) is 0. The first kappa shape index (κ1) is 9.95. The molecule has 0 amide bonds. The zero-order valence-corrected chi connectivity index (χ0v) is 6.77. The summed E-state index contributed by atoms with van der Waals surface area (Å²) in [7, 11) is 0. The third-order valence-corrected chi connectivity index (χ3v) is 1.48. The van der Waals surface area contributed by atoms with Gasteiger partial charge in [-0.15, -0.1) is 0 Å². The molecule has 0 saturated carbocycles. The van der Waals surface area contributed by atoms with Crippen LogP contribution in [0.25, 0.3) is 0 Å². The van der Waals surface area contributed by atoms with Gasteiger partial charge in [0, 0.05) is 6.20 Å². The number of aryl methyl sites for hydroxylation is 1. The second kappa shape index (κ2) is 3.32. The predicted octanol–water partition coefficient (Wildman–Crippen LogP) is 2.96. The van der Waals surface area contributed by atoms with Crippen LogP contribution in [-0.2, 0) is 0 Å². The molecule has 1 rings (SSSR count). The Hall–Kier alpha value is -1.13. The molecule has 0 radical (unpaired) electrons. The Bertz CT molecular complexity index is 277. The first-order valence-electron chi connectivity index (χ1n) is 3.54. The lowest BCUT2D eigenvalue weighted by atomic mass is 10.2. The van der Waals surface area contributed by atoms with Crippen LogP contribution in [0.2, 0.25) is 0 Å². The molecule has 0 bridgehead atoms. The number of halogens is 4. The van der Waals surface area contributed by atoms with E-state index in [1.165, 1.54) is 12.3 Å². The van der Waals surface area contributed by atoms with Crippen molar-refractivity contribution < 1.29 is 17.6 Å². The summed E-state index contributed by atoms with van der Waals surface area (Å²) in [5.74, 6) is 0. The van der Waals surface area contributed by atoms with E-state index in [0.29, 0.717) is 5.56 Å². The van der Waals surface area contributed by atoms with Crippen molar-refractivity contribution in [1.29, 1.82) is 0 Å². The summed E-state index contributed by atoms with van der Waals surface area (Å²) >= 11 is 0. The molecule has 0 aliphatic heterocycles. The van der Waals surface area contributed by atoms with Gasteiger partial charge in [-0.1, -0.05) is 6.07 Å². The van der Waals surface area contributed by atoms with E-state index in [0.717, 1.165) is 6.07 Å². The van der Waals surface area contributed by atoms with E-state index in [2.05, 4.69) is 4.98 Å². The van der Waals surface area contributed by atoms with Crippen molar-refractivity contribution in [3.8, 4) is 0 Å². The maximum atomic E-state index is 12.6. The largest absolute Gasteiger partial charge is 0.425 e. The van der Waals surface area contributed by atoms with Crippen LogP contribution >= 0.6 is 0 Å². The number of hydrogen-bond acceptors (Lipinski definition) is 1. The Kier molecular flexibility index (Phi) is 2.54. The number of pyridine rings is 1. The molecule has 13 heavy (non-hydrogen) atoms. The van der Waals surface area contributed by atoms with Crippen LogP contribution in [0.3, 0.4) is 0 Å². The van der Waals surface area contributed by atoms with Gasteiger partial charge in [0.1, 0.15) is 0 Å². The van der Waals surface area contributed by atoms with E-state index in [4.69, 9.17) is 0 Å². The standard InChI is InChI=1S/C8H7F4N/c1-5-2-3-6(13-4-5)7(9)8(10,11)12/h2-4,7H,1H3. The topological polar surface area (TPSA) is 12.9 Å². The van der Waals surface area contributed by atoms with Gasteiger partial charge in [-0.2, -0.15) is 13.2 Å². The zero-order chi connectivity index (χ0) is 10.1. The average Bonchev–Trinajstić information content (AvgIpc) is 2.03. The maximum Gasteiger partial charge on any atom is 0.425 e. The quantitative estimate of drug-likeness (QED) is 0.625. The molecule has 0 aliphatic carbocycles. The van der Waals surface area contributed by atoms with E-state index in [1.807, 2.05) is 0 Å². The molecule has 1 nitrogen and oxygen atoms in total. The number of alkyl halides is 4. The van der Waals surface area contributed by atoms with Crippen LogP contribution in [0.1, 0.15) is 17.4 Å². The Morgan fingerprint density at radius 1 is 1.31 bits per heavy atom.